The number of nitriles is 1. The minimum absolute atomic E-state index is 0.0113. The molecule has 8 heteroatoms. The Morgan fingerprint density at radius 2 is 1.84 bits per heavy atom. The molecule has 2 aromatic rings. The van der Waals surface area contributed by atoms with Crippen LogP contribution in [0.1, 0.15) is 20.8 Å². The summed E-state index contributed by atoms with van der Waals surface area (Å²) in [5.74, 6) is -0.142. The number of nitro groups is 1. The fourth-order valence-corrected chi connectivity index (χ4v) is 3.54. The van der Waals surface area contributed by atoms with Gasteiger partial charge in [-0.2, -0.15) is 5.26 Å². The second-order valence-electron chi connectivity index (χ2n) is 5.77. The maximum atomic E-state index is 12.4. The topological polar surface area (TPSA) is 90.5 Å². The zero-order valence-electron chi connectivity index (χ0n) is 13.4. The van der Waals surface area contributed by atoms with Crippen LogP contribution in [-0.4, -0.2) is 46.8 Å². The molecule has 128 valence electrons. The summed E-state index contributed by atoms with van der Waals surface area (Å²) >= 11 is 0.919. The van der Waals surface area contributed by atoms with Crippen molar-refractivity contribution >= 4 is 22.2 Å². The normalized spacial score (nSPS) is 14.9. The summed E-state index contributed by atoms with van der Waals surface area (Å²) in [5.41, 5.74) is 1.77. The van der Waals surface area contributed by atoms with Crippen molar-refractivity contribution < 1.29 is 9.72 Å². The van der Waals surface area contributed by atoms with Gasteiger partial charge < -0.3 is 4.90 Å². The van der Waals surface area contributed by atoms with Crippen LogP contribution in [0, 0.1) is 21.4 Å². The van der Waals surface area contributed by atoms with Gasteiger partial charge in [-0.3, -0.25) is 19.8 Å². The van der Waals surface area contributed by atoms with Crippen LogP contribution < -0.4 is 0 Å². The maximum absolute atomic E-state index is 12.4. The van der Waals surface area contributed by atoms with Gasteiger partial charge in [-0.15, -0.1) is 0 Å². The highest BCUT2D eigenvalue weighted by Crippen LogP contribution is 2.25. The van der Waals surface area contributed by atoms with Crippen LogP contribution in [0.2, 0.25) is 0 Å². The van der Waals surface area contributed by atoms with E-state index in [0.717, 1.165) is 36.5 Å². The van der Waals surface area contributed by atoms with Crippen LogP contribution in [0.25, 0.3) is 0 Å². The Morgan fingerprint density at radius 1 is 1.16 bits per heavy atom. The summed E-state index contributed by atoms with van der Waals surface area (Å²) in [6.07, 6.45) is 0. The number of amides is 1. The molecule has 0 aliphatic carbocycles. The van der Waals surface area contributed by atoms with Gasteiger partial charge in [-0.05, 0) is 23.8 Å². The van der Waals surface area contributed by atoms with Crippen molar-refractivity contribution in [3.05, 3.63) is 62.5 Å². The number of rotatable bonds is 4. The largest absolute Gasteiger partial charge is 0.335 e. The van der Waals surface area contributed by atoms with E-state index in [9.17, 15) is 14.9 Å². The van der Waals surface area contributed by atoms with E-state index in [2.05, 4.69) is 11.0 Å². The molecule has 25 heavy (non-hydrogen) atoms. The number of hydrogen-bond donors (Lipinski definition) is 0. The number of nitrogens with zero attached hydrogens (tertiary/aromatic N) is 4. The van der Waals surface area contributed by atoms with Gasteiger partial charge in [-0.25, -0.2) is 0 Å². The molecule has 1 aliphatic rings. The van der Waals surface area contributed by atoms with E-state index in [0.29, 0.717) is 23.5 Å². The van der Waals surface area contributed by atoms with Gasteiger partial charge in [0, 0.05) is 38.8 Å². The first-order valence-electron chi connectivity index (χ1n) is 7.82. The van der Waals surface area contributed by atoms with Gasteiger partial charge in [0.2, 0.25) is 0 Å². The Balaban J connectivity index is 1.54. The first-order valence-corrected chi connectivity index (χ1v) is 8.63. The summed E-state index contributed by atoms with van der Waals surface area (Å²) in [6, 6.07) is 12.5. The molecule has 1 amide bonds. The smallest absolute Gasteiger partial charge is 0.324 e. The average Bonchev–Trinajstić information content (AvgIpc) is 3.13. The van der Waals surface area contributed by atoms with E-state index < -0.39 is 4.92 Å². The molecular formula is C17H16N4O3S. The van der Waals surface area contributed by atoms with Crippen LogP contribution in [0.4, 0.5) is 5.00 Å². The Hall–Kier alpha value is -2.76. The summed E-state index contributed by atoms with van der Waals surface area (Å²) < 4.78 is 0. The average molecular weight is 356 g/mol. The molecule has 2 heterocycles. The summed E-state index contributed by atoms with van der Waals surface area (Å²) in [6.45, 7) is 3.47. The van der Waals surface area contributed by atoms with E-state index in [1.165, 1.54) is 12.1 Å². The molecule has 0 bridgehead atoms. The van der Waals surface area contributed by atoms with Crippen molar-refractivity contribution in [2.75, 3.05) is 26.2 Å². The van der Waals surface area contributed by atoms with Gasteiger partial charge in [-0.1, -0.05) is 23.5 Å². The predicted molar refractivity (Wildman–Crippen MR) is 93.3 cm³/mol. The quantitative estimate of drug-likeness (QED) is 0.620. The van der Waals surface area contributed by atoms with Crippen molar-refractivity contribution in [3.8, 4) is 6.07 Å². The number of hydrogen-bond acceptors (Lipinski definition) is 6. The lowest BCUT2D eigenvalue weighted by Gasteiger charge is -2.34. The van der Waals surface area contributed by atoms with E-state index in [4.69, 9.17) is 5.26 Å². The molecular weight excluding hydrogens is 340 g/mol. The number of benzene rings is 1. The van der Waals surface area contributed by atoms with Crippen LogP contribution in [0.15, 0.2) is 36.4 Å². The molecule has 7 nitrogen and oxygen atoms in total. The fourth-order valence-electron chi connectivity index (χ4n) is 2.75. The monoisotopic (exact) mass is 356 g/mol. The minimum atomic E-state index is -0.475. The molecule has 0 atom stereocenters. The highest BCUT2D eigenvalue weighted by molar-refractivity contribution is 7.17. The maximum Gasteiger partial charge on any atom is 0.324 e. The second-order valence-corrected chi connectivity index (χ2v) is 6.83. The molecule has 1 fully saturated rings. The minimum Gasteiger partial charge on any atom is -0.335 e. The SMILES string of the molecule is N#Cc1ccc(CN2CCN(C(=O)c3ccc([N+](=O)[O-])s3)CC2)cc1. The van der Waals surface area contributed by atoms with Crippen LogP contribution in [0.3, 0.4) is 0 Å². The lowest BCUT2D eigenvalue weighted by atomic mass is 10.1. The first kappa shape index (κ1) is 17.1. The molecule has 3 rings (SSSR count). The molecule has 1 aromatic carbocycles. The summed E-state index contributed by atoms with van der Waals surface area (Å²) in [7, 11) is 0. The van der Waals surface area contributed by atoms with Gasteiger partial charge in [0.1, 0.15) is 0 Å². The van der Waals surface area contributed by atoms with Crippen LogP contribution in [0.5, 0.6) is 0 Å². The lowest BCUT2D eigenvalue weighted by Crippen LogP contribution is -2.48. The van der Waals surface area contributed by atoms with Crippen molar-refractivity contribution in [3.63, 3.8) is 0 Å². The van der Waals surface area contributed by atoms with Crippen LogP contribution in [-0.2, 0) is 6.54 Å². The molecule has 0 radical (unpaired) electrons. The number of thiophene rings is 1. The second kappa shape index (κ2) is 7.42. The molecule has 0 unspecified atom stereocenters. The van der Waals surface area contributed by atoms with Crippen molar-refractivity contribution in [1.29, 1.82) is 5.26 Å². The van der Waals surface area contributed by atoms with Crippen molar-refractivity contribution in [2.24, 2.45) is 0 Å². The van der Waals surface area contributed by atoms with E-state index >= 15 is 0 Å². The van der Waals surface area contributed by atoms with E-state index in [-0.39, 0.29) is 10.9 Å². The zero-order valence-corrected chi connectivity index (χ0v) is 14.2. The molecule has 0 spiro atoms. The summed E-state index contributed by atoms with van der Waals surface area (Å²) in [4.78, 5) is 27.1. The third-order valence-corrected chi connectivity index (χ3v) is 5.16. The van der Waals surface area contributed by atoms with E-state index in [1.54, 1.807) is 17.0 Å². The van der Waals surface area contributed by atoms with Gasteiger partial charge in [0.25, 0.3) is 5.91 Å². The molecule has 1 aliphatic heterocycles. The Bertz CT molecular complexity index is 817. The van der Waals surface area contributed by atoms with Gasteiger partial charge in [0.05, 0.1) is 21.4 Å². The molecule has 0 N–H and O–H groups in total. The van der Waals surface area contributed by atoms with Crippen LogP contribution >= 0.6 is 11.3 Å². The fraction of sp³-hybridized carbons (Fsp3) is 0.294. The van der Waals surface area contributed by atoms with Gasteiger partial charge in [0.15, 0.2) is 0 Å². The molecule has 1 saturated heterocycles. The first-order chi connectivity index (χ1) is 12.1. The highest BCUT2D eigenvalue weighted by atomic mass is 32.1. The van der Waals surface area contributed by atoms with Crippen molar-refractivity contribution in [1.82, 2.24) is 9.80 Å². The standard InChI is InChI=1S/C17H16N4O3S/c18-11-13-1-3-14(4-2-13)12-19-7-9-20(10-8-19)17(22)15-5-6-16(25-15)21(23)24/h1-6H,7-10,12H2. The summed E-state index contributed by atoms with van der Waals surface area (Å²) in [5, 5.41) is 19.5. The highest BCUT2D eigenvalue weighted by Gasteiger charge is 2.24. The number of carbonyl (C=O) groups excluding carboxylic acids is 1. The zero-order chi connectivity index (χ0) is 17.8. The molecule has 1 aromatic heterocycles. The Morgan fingerprint density at radius 3 is 2.40 bits per heavy atom. The number of carbonyl (C=O) groups is 1. The Kier molecular flexibility index (Phi) is 5.07. The van der Waals surface area contributed by atoms with Crippen molar-refractivity contribution in [2.45, 2.75) is 6.54 Å². The Labute approximate surface area is 148 Å². The lowest BCUT2D eigenvalue weighted by molar-refractivity contribution is -0.380. The third-order valence-electron chi connectivity index (χ3n) is 4.13. The molecule has 0 saturated carbocycles. The number of piperazine rings is 1. The third kappa shape index (κ3) is 4.02. The predicted octanol–water partition coefficient (Wildman–Crippen LogP) is 2.49. The van der Waals surface area contributed by atoms with E-state index in [1.807, 2.05) is 12.1 Å². The van der Waals surface area contributed by atoms with Gasteiger partial charge >= 0.3 is 5.00 Å².